The molecule has 0 bridgehead atoms. The summed E-state index contributed by atoms with van der Waals surface area (Å²) in [5, 5.41) is 20.2. The first-order valence-corrected chi connectivity index (χ1v) is 15.7. The molecule has 0 amide bonds. The Morgan fingerprint density at radius 3 is 2.10 bits per heavy atom. The van der Waals surface area contributed by atoms with Crippen LogP contribution >= 0.6 is 0 Å². The molecule has 0 saturated heterocycles. The molecule has 2 rings (SSSR count). The lowest BCUT2D eigenvalue weighted by atomic mass is 9.67. The zero-order chi connectivity index (χ0) is 31.5. The van der Waals surface area contributed by atoms with E-state index in [1.165, 1.54) is 33.4 Å². The Hall–Kier alpha value is -2.68. The number of hydrogen-bond acceptors (Lipinski definition) is 2. The van der Waals surface area contributed by atoms with Crippen LogP contribution in [0, 0.1) is 22.7 Å². The molecule has 42 heavy (non-hydrogen) atoms. The van der Waals surface area contributed by atoms with Crippen LogP contribution in [0.15, 0.2) is 119 Å². The molecule has 0 aliphatic heterocycles. The van der Waals surface area contributed by atoms with Crippen LogP contribution in [0.1, 0.15) is 94.9 Å². The van der Waals surface area contributed by atoms with E-state index in [0.29, 0.717) is 11.8 Å². The number of aliphatic hydroxyl groups is 2. The largest absolute Gasteiger partial charge is 0.393 e. The van der Waals surface area contributed by atoms with Gasteiger partial charge in [-0.25, -0.2) is 0 Å². The molecule has 0 radical (unpaired) electrons. The maximum Gasteiger partial charge on any atom is 0.0729 e. The van der Waals surface area contributed by atoms with Gasteiger partial charge in [0.15, 0.2) is 0 Å². The Balaban J connectivity index is 1.84. The minimum Gasteiger partial charge on any atom is -0.393 e. The SMILES string of the molecule is CC1=C[C@H](O)CC(C)(C)[C@H]1/C=C\C(C)C/C=C/C(C)=C/C=C/C=C(C)/C=C/C=C(C)/C=C/C1=C(C)C[C@H](O)CC1(C)C. The Morgan fingerprint density at radius 1 is 0.881 bits per heavy atom. The van der Waals surface area contributed by atoms with E-state index in [1.807, 2.05) is 6.08 Å². The highest BCUT2D eigenvalue weighted by Crippen LogP contribution is 2.42. The Kier molecular flexibility index (Phi) is 13.7. The molecule has 2 heteroatoms. The molecule has 230 valence electrons. The first-order valence-electron chi connectivity index (χ1n) is 15.7. The summed E-state index contributed by atoms with van der Waals surface area (Å²) in [6, 6.07) is 0. The molecule has 0 spiro atoms. The second-order valence-electron chi connectivity index (χ2n) is 14.1. The van der Waals surface area contributed by atoms with Crippen molar-refractivity contribution in [2.45, 2.75) is 107 Å². The topological polar surface area (TPSA) is 40.5 Å². The van der Waals surface area contributed by atoms with Crippen LogP contribution in [0.25, 0.3) is 0 Å². The molecule has 2 nitrogen and oxygen atoms in total. The number of rotatable bonds is 11. The van der Waals surface area contributed by atoms with Crippen LogP contribution in [0.4, 0.5) is 0 Å². The predicted octanol–water partition coefficient (Wildman–Crippen LogP) is 10.5. The maximum absolute atomic E-state index is 10.1. The van der Waals surface area contributed by atoms with Gasteiger partial charge in [-0.1, -0.05) is 148 Å². The first kappa shape index (κ1) is 35.5. The predicted molar refractivity (Wildman–Crippen MR) is 184 cm³/mol. The van der Waals surface area contributed by atoms with Gasteiger partial charge in [-0.2, -0.15) is 0 Å². The Morgan fingerprint density at radius 2 is 1.48 bits per heavy atom. The molecule has 2 N–H and O–H groups in total. The zero-order valence-corrected chi connectivity index (χ0v) is 28.1. The van der Waals surface area contributed by atoms with Gasteiger partial charge in [0.25, 0.3) is 0 Å². The highest BCUT2D eigenvalue weighted by molar-refractivity contribution is 5.38. The third kappa shape index (κ3) is 11.9. The molecule has 0 aromatic heterocycles. The fraction of sp³-hybridized carbons (Fsp3) is 0.500. The van der Waals surface area contributed by atoms with E-state index in [1.54, 1.807) is 0 Å². The summed E-state index contributed by atoms with van der Waals surface area (Å²) in [4.78, 5) is 0. The summed E-state index contributed by atoms with van der Waals surface area (Å²) in [5.41, 5.74) is 7.65. The van der Waals surface area contributed by atoms with Gasteiger partial charge in [0, 0.05) is 5.92 Å². The van der Waals surface area contributed by atoms with Crippen molar-refractivity contribution in [3.8, 4) is 0 Å². The van der Waals surface area contributed by atoms with Gasteiger partial charge < -0.3 is 10.2 Å². The standard InChI is InChI=1S/C40H58O2/c1-29(17-13-19-31(3)21-23-37-33(5)25-35(41)27-39(37,7)8)15-11-12-16-30(2)18-14-20-32(4)22-24-38-34(6)26-36(42)28-40(38,9)10/h11-19,21-24,26,32,35-36,38,41-42H,20,25,27-28H2,1-10H3/b12-11+,17-13+,18-14+,23-21+,24-22-,29-15+,30-16+,31-19+/t32?,35-,36-,38-/m0/s1. The highest BCUT2D eigenvalue weighted by atomic mass is 16.3. The molecule has 0 saturated carbocycles. The van der Waals surface area contributed by atoms with Crippen LogP contribution < -0.4 is 0 Å². The third-order valence-corrected chi connectivity index (χ3v) is 8.58. The van der Waals surface area contributed by atoms with Crippen LogP contribution in [-0.2, 0) is 0 Å². The summed E-state index contributed by atoms with van der Waals surface area (Å²) in [6.45, 7) is 21.9. The maximum atomic E-state index is 10.1. The van der Waals surface area contributed by atoms with Gasteiger partial charge >= 0.3 is 0 Å². The smallest absolute Gasteiger partial charge is 0.0729 e. The number of allylic oxidation sites excluding steroid dienone is 18. The minimum absolute atomic E-state index is 0.00803. The second kappa shape index (κ2) is 16.2. The van der Waals surface area contributed by atoms with Crippen molar-refractivity contribution in [1.82, 2.24) is 0 Å². The van der Waals surface area contributed by atoms with Crippen molar-refractivity contribution >= 4 is 0 Å². The quantitative estimate of drug-likeness (QED) is 0.192. The molecule has 4 atom stereocenters. The van der Waals surface area contributed by atoms with Crippen molar-refractivity contribution in [3.05, 3.63) is 119 Å². The minimum atomic E-state index is -0.316. The highest BCUT2D eigenvalue weighted by Gasteiger charge is 2.34. The van der Waals surface area contributed by atoms with Gasteiger partial charge in [-0.05, 0) is 82.6 Å². The van der Waals surface area contributed by atoms with Gasteiger partial charge in [0.1, 0.15) is 0 Å². The average molecular weight is 571 g/mol. The molecule has 0 fully saturated rings. The van der Waals surface area contributed by atoms with E-state index in [-0.39, 0.29) is 23.0 Å². The third-order valence-electron chi connectivity index (χ3n) is 8.58. The van der Waals surface area contributed by atoms with Crippen LogP contribution in [0.2, 0.25) is 0 Å². The van der Waals surface area contributed by atoms with E-state index in [2.05, 4.69) is 148 Å². The van der Waals surface area contributed by atoms with E-state index in [4.69, 9.17) is 0 Å². The normalized spacial score (nSPS) is 26.9. The summed E-state index contributed by atoms with van der Waals surface area (Å²) >= 11 is 0. The lowest BCUT2D eigenvalue weighted by Gasteiger charge is -2.38. The monoisotopic (exact) mass is 570 g/mol. The van der Waals surface area contributed by atoms with Gasteiger partial charge in [-0.3, -0.25) is 0 Å². The van der Waals surface area contributed by atoms with Crippen molar-refractivity contribution in [2.75, 3.05) is 0 Å². The first-order chi connectivity index (χ1) is 19.6. The van der Waals surface area contributed by atoms with Gasteiger partial charge in [-0.15, -0.1) is 0 Å². The van der Waals surface area contributed by atoms with Crippen LogP contribution in [0.5, 0.6) is 0 Å². The fourth-order valence-corrected chi connectivity index (χ4v) is 6.34. The fourth-order valence-electron chi connectivity index (χ4n) is 6.34. The zero-order valence-electron chi connectivity index (χ0n) is 28.1. The van der Waals surface area contributed by atoms with Crippen LogP contribution in [-0.4, -0.2) is 22.4 Å². The van der Waals surface area contributed by atoms with Crippen molar-refractivity contribution in [2.24, 2.45) is 22.7 Å². The summed E-state index contributed by atoms with van der Waals surface area (Å²) < 4.78 is 0. The molecular weight excluding hydrogens is 512 g/mol. The van der Waals surface area contributed by atoms with Crippen molar-refractivity contribution in [1.29, 1.82) is 0 Å². The average Bonchev–Trinajstić information content (AvgIpc) is 2.84. The Bertz CT molecular complexity index is 1220. The molecule has 0 heterocycles. The molecule has 1 unspecified atom stereocenters. The lowest BCUT2D eigenvalue weighted by Crippen LogP contribution is -2.32. The van der Waals surface area contributed by atoms with Crippen molar-refractivity contribution < 1.29 is 10.2 Å². The summed E-state index contributed by atoms with van der Waals surface area (Å²) in [7, 11) is 0. The molecule has 2 aliphatic rings. The van der Waals surface area contributed by atoms with Gasteiger partial charge in [0.05, 0.1) is 12.2 Å². The number of aliphatic hydroxyl groups excluding tert-OH is 2. The molecule has 0 aromatic rings. The van der Waals surface area contributed by atoms with E-state index >= 15 is 0 Å². The van der Waals surface area contributed by atoms with E-state index in [0.717, 1.165) is 25.7 Å². The molecule has 2 aliphatic carbocycles. The number of hydrogen-bond donors (Lipinski definition) is 2. The van der Waals surface area contributed by atoms with E-state index < -0.39 is 0 Å². The lowest BCUT2D eigenvalue weighted by molar-refractivity contribution is 0.116. The molecular formula is C40H58O2. The van der Waals surface area contributed by atoms with Crippen molar-refractivity contribution in [3.63, 3.8) is 0 Å². The van der Waals surface area contributed by atoms with E-state index in [9.17, 15) is 10.2 Å². The summed E-state index contributed by atoms with van der Waals surface area (Å²) in [6.07, 6.45) is 33.3. The second-order valence-corrected chi connectivity index (χ2v) is 14.1. The Labute approximate surface area is 258 Å². The summed E-state index contributed by atoms with van der Waals surface area (Å²) in [5.74, 6) is 0.861. The molecule has 0 aromatic carbocycles. The van der Waals surface area contributed by atoms with Crippen LogP contribution in [0.3, 0.4) is 0 Å². The van der Waals surface area contributed by atoms with Gasteiger partial charge in [0.2, 0.25) is 0 Å².